The molecular weight excluding hydrogens is 378 g/mol. The number of nitrogens with zero attached hydrogens (tertiary/aromatic N) is 1. The summed E-state index contributed by atoms with van der Waals surface area (Å²) in [5, 5.41) is 3.24. The molecule has 0 radical (unpaired) electrons. The molecule has 7 nitrogen and oxygen atoms in total. The van der Waals surface area contributed by atoms with Crippen LogP contribution < -0.4 is 19.5 Å². The van der Waals surface area contributed by atoms with Gasteiger partial charge in [0.25, 0.3) is 10.0 Å². The van der Waals surface area contributed by atoms with Gasteiger partial charge in [-0.2, -0.15) is 0 Å². The Kier molecular flexibility index (Phi) is 4.56. The maximum absolute atomic E-state index is 12.6. The number of pyridine rings is 1. The predicted molar refractivity (Wildman–Crippen MR) is 107 cm³/mol. The van der Waals surface area contributed by atoms with Crippen molar-refractivity contribution < 1.29 is 17.9 Å². The molecule has 1 aliphatic rings. The lowest BCUT2D eigenvalue weighted by molar-refractivity contribution is 0.174. The van der Waals surface area contributed by atoms with Crippen LogP contribution in [-0.2, 0) is 10.0 Å². The number of aryl methyl sites for hydroxylation is 2. The molecule has 0 saturated heterocycles. The van der Waals surface area contributed by atoms with E-state index >= 15 is 0 Å². The van der Waals surface area contributed by atoms with Crippen LogP contribution in [0.1, 0.15) is 11.1 Å². The standard InChI is InChI=1S/C20H19N3O4S/c1-13-3-4-14(2)17(9-13)22-20-8-5-15(11-21-20)23-28(24,25)16-6-7-18-19(10-16)27-12-26-18/h3-11,23H,12H2,1-2H3,(H,21,22). The maximum atomic E-state index is 12.6. The molecule has 1 aromatic heterocycles. The van der Waals surface area contributed by atoms with Gasteiger partial charge < -0.3 is 14.8 Å². The zero-order valence-corrected chi connectivity index (χ0v) is 16.2. The summed E-state index contributed by atoms with van der Waals surface area (Å²) in [6.07, 6.45) is 1.47. The van der Waals surface area contributed by atoms with Gasteiger partial charge >= 0.3 is 0 Å². The molecule has 3 aromatic rings. The van der Waals surface area contributed by atoms with Gasteiger partial charge in [0.05, 0.1) is 16.8 Å². The highest BCUT2D eigenvalue weighted by Gasteiger charge is 2.20. The summed E-state index contributed by atoms with van der Waals surface area (Å²) in [6, 6.07) is 14.0. The molecule has 0 spiro atoms. The molecule has 0 bridgehead atoms. The van der Waals surface area contributed by atoms with E-state index in [1.54, 1.807) is 18.2 Å². The highest BCUT2D eigenvalue weighted by molar-refractivity contribution is 7.92. The van der Waals surface area contributed by atoms with Crippen LogP contribution in [0.3, 0.4) is 0 Å². The van der Waals surface area contributed by atoms with Gasteiger partial charge in [0.2, 0.25) is 6.79 Å². The summed E-state index contributed by atoms with van der Waals surface area (Å²) in [5.41, 5.74) is 3.56. The zero-order valence-electron chi connectivity index (χ0n) is 15.4. The highest BCUT2D eigenvalue weighted by atomic mass is 32.2. The summed E-state index contributed by atoms with van der Waals surface area (Å²) in [7, 11) is -3.76. The van der Waals surface area contributed by atoms with Crippen molar-refractivity contribution in [3.8, 4) is 11.5 Å². The second kappa shape index (κ2) is 7.05. The first-order valence-corrected chi connectivity index (χ1v) is 10.1. The van der Waals surface area contributed by atoms with Gasteiger partial charge in [0.1, 0.15) is 5.82 Å². The van der Waals surface area contributed by atoms with Crippen molar-refractivity contribution in [1.82, 2.24) is 4.98 Å². The Labute approximate surface area is 163 Å². The molecule has 0 aliphatic carbocycles. The van der Waals surface area contributed by atoms with Gasteiger partial charge in [-0.25, -0.2) is 13.4 Å². The number of aromatic nitrogens is 1. The fraction of sp³-hybridized carbons (Fsp3) is 0.150. The minimum Gasteiger partial charge on any atom is -0.454 e. The minimum atomic E-state index is -3.76. The predicted octanol–water partition coefficient (Wildman–Crippen LogP) is 3.97. The number of fused-ring (bicyclic) bond motifs is 1. The van der Waals surface area contributed by atoms with Crippen LogP contribution in [0.25, 0.3) is 0 Å². The molecule has 2 heterocycles. The van der Waals surface area contributed by atoms with Crippen molar-refractivity contribution in [3.63, 3.8) is 0 Å². The summed E-state index contributed by atoms with van der Waals surface area (Å²) >= 11 is 0. The molecule has 0 atom stereocenters. The lowest BCUT2D eigenvalue weighted by Gasteiger charge is -2.11. The molecule has 144 valence electrons. The van der Waals surface area contributed by atoms with E-state index in [9.17, 15) is 8.42 Å². The number of anilines is 3. The molecule has 0 unspecified atom stereocenters. The SMILES string of the molecule is Cc1ccc(C)c(Nc2ccc(NS(=O)(=O)c3ccc4c(c3)OCO4)cn2)c1. The molecule has 4 rings (SSSR count). The molecule has 1 aliphatic heterocycles. The van der Waals surface area contributed by atoms with Crippen molar-refractivity contribution in [3.05, 3.63) is 65.9 Å². The highest BCUT2D eigenvalue weighted by Crippen LogP contribution is 2.34. The molecule has 0 fully saturated rings. The average Bonchev–Trinajstić information content (AvgIpc) is 3.14. The number of rotatable bonds is 5. The maximum Gasteiger partial charge on any atom is 0.262 e. The zero-order chi connectivity index (χ0) is 19.7. The average molecular weight is 397 g/mol. The Morgan fingerprint density at radius 3 is 2.57 bits per heavy atom. The van der Waals surface area contributed by atoms with Crippen molar-refractivity contribution >= 4 is 27.2 Å². The smallest absolute Gasteiger partial charge is 0.262 e. The minimum absolute atomic E-state index is 0.0884. The quantitative estimate of drug-likeness (QED) is 0.677. The Balaban J connectivity index is 1.50. The lowest BCUT2D eigenvalue weighted by atomic mass is 10.1. The van der Waals surface area contributed by atoms with Gasteiger partial charge in [-0.1, -0.05) is 12.1 Å². The fourth-order valence-corrected chi connectivity index (χ4v) is 3.85. The number of hydrogen-bond donors (Lipinski definition) is 2. The normalized spacial score (nSPS) is 12.6. The molecule has 2 aromatic carbocycles. The Morgan fingerprint density at radius 2 is 1.79 bits per heavy atom. The second-order valence-corrected chi connectivity index (χ2v) is 8.18. The summed E-state index contributed by atoms with van der Waals surface area (Å²) < 4.78 is 38.2. The monoisotopic (exact) mass is 397 g/mol. The first-order chi connectivity index (χ1) is 13.4. The van der Waals surface area contributed by atoms with Crippen LogP contribution >= 0.6 is 0 Å². The van der Waals surface area contributed by atoms with E-state index in [0.717, 1.165) is 16.8 Å². The molecule has 0 saturated carbocycles. The Morgan fingerprint density at radius 1 is 0.964 bits per heavy atom. The first-order valence-electron chi connectivity index (χ1n) is 8.63. The Hall–Kier alpha value is -3.26. The van der Waals surface area contributed by atoms with E-state index in [4.69, 9.17) is 9.47 Å². The molecule has 0 amide bonds. The molecular formula is C20H19N3O4S. The van der Waals surface area contributed by atoms with Gasteiger partial charge in [-0.3, -0.25) is 4.72 Å². The fourth-order valence-electron chi connectivity index (χ4n) is 2.79. The van der Waals surface area contributed by atoms with E-state index in [1.807, 2.05) is 32.0 Å². The van der Waals surface area contributed by atoms with E-state index in [-0.39, 0.29) is 11.7 Å². The number of nitrogens with one attached hydrogen (secondary N) is 2. The van der Waals surface area contributed by atoms with Crippen LogP contribution in [0.4, 0.5) is 17.2 Å². The van der Waals surface area contributed by atoms with Crippen molar-refractivity contribution in [2.24, 2.45) is 0 Å². The summed E-state index contributed by atoms with van der Waals surface area (Å²) in [5.74, 6) is 1.57. The van der Waals surface area contributed by atoms with Crippen LogP contribution in [0.15, 0.2) is 59.6 Å². The van der Waals surface area contributed by atoms with Gasteiger partial charge in [-0.15, -0.1) is 0 Å². The van der Waals surface area contributed by atoms with Gasteiger partial charge in [-0.05, 0) is 55.3 Å². The van der Waals surface area contributed by atoms with E-state index in [1.165, 1.54) is 18.3 Å². The number of sulfonamides is 1. The third-order valence-electron chi connectivity index (χ3n) is 4.33. The largest absolute Gasteiger partial charge is 0.454 e. The number of benzene rings is 2. The van der Waals surface area contributed by atoms with Crippen LogP contribution in [-0.4, -0.2) is 20.2 Å². The van der Waals surface area contributed by atoms with Crippen molar-refractivity contribution in [2.45, 2.75) is 18.7 Å². The third kappa shape index (κ3) is 3.72. The van der Waals surface area contributed by atoms with Gasteiger partial charge in [0, 0.05) is 11.8 Å². The van der Waals surface area contributed by atoms with Crippen LogP contribution in [0.2, 0.25) is 0 Å². The van der Waals surface area contributed by atoms with E-state index < -0.39 is 10.0 Å². The number of hydrogen-bond acceptors (Lipinski definition) is 6. The van der Waals surface area contributed by atoms with E-state index in [2.05, 4.69) is 15.0 Å². The molecule has 28 heavy (non-hydrogen) atoms. The molecule has 8 heteroatoms. The van der Waals surface area contributed by atoms with Crippen LogP contribution in [0, 0.1) is 13.8 Å². The topological polar surface area (TPSA) is 89.5 Å². The lowest BCUT2D eigenvalue weighted by Crippen LogP contribution is -2.13. The number of ether oxygens (including phenoxy) is 2. The second-order valence-electron chi connectivity index (χ2n) is 6.50. The summed E-state index contributed by atoms with van der Waals surface area (Å²) in [6.45, 7) is 4.12. The van der Waals surface area contributed by atoms with Gasteiger partial charge in [0.15, 0.2) is 11.5 Å². The van der Waals surface area contributed by atoms with Crippen molar-refractivity contribution in [2.75, 3.05) is 16.8 Å². The third-order valence-corrected chi connectivity index (χ3v) is 5.70. The molecule has 2 N–H and O–H groups in total. The Bertz CT molecular complexity index is 1130. The van der Waals surface area contributed by atoms with Crippen molar-refractivity contribution in [1.29, 1.82) is 0 Å². The summed E-state index contributed by atoms with van der Waals surface area (Å²) in [4.78, 5) is 4.39. The van der Waals surface area contributed by atoms with Crippen LogP contribution in [0.5, 0.6) is 11.5 Å². The first kappa shape index (κ1) is 18.1. The van der Waals surface area contributed by atoms with E-state index in [0.29, 0.717) is 23.0 Å².